The fourth-order valence-electron chi connectivity index (χ4n) is 3.58. The Hall–Kier alpha value is -2.88. The number of aromatic nitrogens is 2. The van der Waals surface area contributed by atoms with Gasteiger partial charge in [0.2, 0.25) is 0 Å². The van der Waals surface area contributed by atoms with Gasteiger partial charge in [0.05, 0.1) is 0 Å². The summed E-state index contributed by atoms with van der Waals surface area (Å²) in [6.45, 7) is 0. The maximum absolute atomic E-state index is 3.54. The smallest absolute Gasteiger partial charge is 0.0402 e. The minimum absolute atomic E-state index is 1.06. The van der Waals surface area contributed by atoms with E-state index in [1.807, 2.05) is 0 Å². The largest absolute Gasteiger partial charge is 0.362 e. The van der Waals surface area contributed by atoms with E-state index in [-0.39, 0.29) is 0 Å². The molecule has 8 bridgehead atoms. The number of nitrogens with one attached hydrogen (secondary N) is 4. The van der Waals surface area contributed by atoms with Gasteiger partial charge in [-0.05, 0) is 74.3 Å². The summed E-state index contributed by atoms with van der Waals surface area (Å²) in [5.41, 5.74) is 9.65. The third-order valence-corrected chi connectivity index (χ3v) is 4.75. The minimum atomic E-state index is 1.06. The van der Waals surface area contributed by atoms with Gasteiger partial charge >= 0.3 is 0 Å². The number of aromatic amines is 2. The molecule has 0 amide bonds. The molecular weight excluding hydrogens is 296 g/mol. The monoisotopic (exact) mass is 316 g/mol. The second-order valence-electron chi connectivity index (χ2n) is 6.67. The molecule has 0 aliphatic carbocycles. The molecule has 3 aliphatic rings. The first-order chi connectivity index (χ1) is 11.8. The van der Waals surface area contributed by atoms with Gasteiger partial charge in [-0.2, -0.15) is 0 Å². The third kappa shape index (κ3) is 2.60. The van der Waals surface area contributed by atoms with E-state index in [2.05, 4.69) is 69.2 Å². The van der Waals surface area contributed by atoms with Crippen molar-refractivity contribution in [3.8, 4) is 0 Å². The van der Waals surface area contributed by atoms with Crippen LogP contribution in [0.1, 0.15) is 48.5 Å². The maximum atomic E-state index is 3.54. The van der Waals surface area contributed by atoms with Gasteiger partial charge in [0, 0.05) is 45.6 Å². The van der Waals surface area contributed by atoms with Crippen molar-refractivity contribution in [2.45, 2.75) is 25.7 Å². The molecule has 5 rings (SSSR count). The van der Waals surface area contributed by atoms with Crippen molar-refractivity contribution in [1.29, 1.82) is 0 Å². The van der Waals surface area contributed by atoms with Crippen molar-refractivity contribution >= 4 is 24.3 Å². The quantitative estimate of drug-likeness (QED) is 0.589. The lowest BCUT2D eigenvalue weighted by molar-refractivity contribution is 1.06. The molecule has 2 aromatic rings. The average molecular weight is 316 g/mol. The average Bonchev–Trinajstić information content (AvgIpc) is 3.32. The number of rotatable bonds is 0. The van der Waals surface area contributed by atoms with Crippen molar-refractivity contribution in [2.75, 3.05) is 0 Å². The molecule has 4 nitrogen and oxygen atoms in total. The van der Waals surface area contributed by atoms with Crippen LogP contribution in [0.2, 0.25) is 0 Å². The molecule has 0 spiro atoms. The molecule has 0 atom stereocenters. The molecule has 0 aromatic carbocycles. The van der Waals surface area contributed by atoms with Crippen LogP contribution in [0.3, 0.4) is 0 Å². The highest BCUT2D eigenvalue weighted by Crippen LogP contribution is 2.26. The summed E-state index contributed by atoms with van der Waals surface area (Å²) in [5, 5.41) is 7.08. The summed E-state index contributed by atoms with van der Waals surface area (Å²) in [6.07, 6.45) is 13.1. The van der Waals surface area contributed by atoms with Gasteiger partial charge in [0.1, 0.15) is 0 Å². The standard InChI is InChI=1S/C20H20N4/c1-2-14-10-16-5-6-18(23-16)12-20-8-7-19(24-20)11-17-4-3-15(22-17)9-13(1)21-14/h1-2,7-12,21-24H,3-6H2. The van der Waals surface area contributed by atoms with Crippen LogP contribution in [0.5, 0.6) is 0 Å². The topological polar surface area (TPSA) is 55.6 Å². The Labute approximate surface area is 141 Å². The second kappa shape index (κ2) is 5.34. The highest BCUT2D eigenvalue weighted by molar-refractivity contribution is 5.62. The molecule has 0 radical (unpaired) electrons. The van der Waals surface area contributed by atoms with E-state index in [0.717, 1.165) is 48.5 Å². The minimum Gasteiger partial charge on any atom is -0.362 e. The van der Waals surface area contributed by atoms with Crippen molar-refractivity contribution in [2.24, 2.45) is 0 Å². The molecule has 3 aliphatic heterocycles. The van der Waals surface area contributed by atoms with Gasteiger partial charge in [0.25, 0.3) is 0 Å². The maximum Gasteiger partial charge on any atom is 0.0402 e. The highest BCUT2D eigenvalue weighted by atomic mass is 14.9. The van der Waals surface area contributed by atoms with Gasteiger partial charge < -0.3 is 20.6 Å². The zero-order valence-corrected chi connectivity index (χ0v) is 13.4. The van der Waals surface area contributed by atoms with Crippen molar-refractivity contribution in [1.82, 2.24) is 20.6 Å². The Bertz CT molecular complexity index is 772. The van der Waals surface area contributed by atoms with Gasteiger partial charge in [-0.15, -0.1) is 0 Å². The Morgan fingerprint density at radius 2 is 0.750 bits per heavy atom. The first kappa shape index (κ1) is 13.5. The zero-order valence-electron chi connectivity index (χ0n) is 13.4. The van der Waals surface area contributed by atoms with Gasteiger partial charge in [0.15, 0.2) is 0 Å². The number of fused-ring (bicyclic) bond motifs is 8. The molecule has 120 valence electrons. The fourth-order valence-corrected chi connectivity index (χ4v) is 3.58. The van der Waals surface area contributed by atoms with E-state index in [4.69, 9.17) is 0 Å². The number of H-pyrrole nitrogens is 2. The van der Waals surface area contributed by atoms with Crippen LogP contribution in [0.4, 0.5) is 0 Å². The first-order valence-electron chi connectivity index (χ1n) is 8.54. The van der Waals surface area contributed by atoms with Crippen LogP contribution in [-0.4, -0.2) is 9.97 Å². The lowest BCUT2D eigenvalue weighted by Gasteiger charge is -2.02. The summed E-state index contributed by atoms with van der Waals surface area (Å²) in [5.74, 6) is 0. The van der Waals surface area contributed by atoms with Crippen LogP contribution in [0, 0.1) is 0 Å². The lowest BCUT2D eigenvalue weighted by Crippen LogP contribution is -2.03. The molecular formula is C20H20N4. The van der Waals surface area contributed by atoms with Crippen LogP contribution in [0.15, 0.2) is 47.1 Å². The Balaban J connectivity index is 1.59. The zero-order chi connectivity index (χ0) is 15.9. The molecule has 2 saturated heterocycles. The molecule has 2 aromatic heterocycles. The van der Waals surface area contributed by atoms with E-state index < -0.39 is 0 Å². The summed E-state index contributed by atoms with van der Waals surface area (Å²) >= 11 is 0. The Morgan fingerprint density at radius 1 is 0.458 bits per heavy atom. The van der Waals surface area contributed by atoms with Crippen LogP contribution in [0.25, 0.3) is 24.3 Å². The summed E-state index contributed by atoms with van der Waals surface area (Å²) in [4.78, 5) is 6.97. The predicted octanol–water partition coefficient (Wildman–Crippen LogP) is 4.19. The van der Waals surface area contributed by atoms with Crippen molar-refractivity contribution in [3.05, 3.63) is 69.8 Å². The molecule has 24 heavy (non-hydrogen) atoms. The summed E-state index contributed by atoms with van der Waals surface area (Å²) in [7, 11) is 0. The SMILES string of the molecule is C1=C2CCC(=Cc3ccc([nH]3)C=C3CCC(=Cc4ccc1[nH]4)N3)N2. The molecule has 5 heterocycles. The summed E-state index contributed by atoms with van der Waals surface area (Å²) < 4.78 is 0. The molecule has 2 fully saturated rings. The van der Waals surface area contributed by atoms with E-state index in [1.165, 1.54) is 22.8 Å². The molecule has 0 unspecified atom stereocenters. The molecule has 4 heteroatoms. The van der Waals surface area contributed by atoms with Gasteiger partial charge in [-0.3, -0.25) is 0 Å². The number of hydrogen-bond acceptors (Lipinski definition) is 2. The lowest BCUT2D eigenvalue weighted by atomic mass is 10.2. The van der Waals surface area contributed by atoms with Crippen molar-refractivity contribution < 1.29 is 0 Å². The molecule has 0 saturated carbocycles. The first-order valence-corrected chi connectivity index (χ1v) is 8.54. The Kier molecular flexibility index (Phi) is 3.01. The van der Waals surface area contributed by atoms with E-state index >= 15 is 0 Å². The van der Waals surface area contributed by atoms with Crippen LogP contribution in [-0.2, 0) is 0 Å². The van der Waals surface area contributed by atoms with Gasteiger partial charge in [-0.1, -0.05) is 0 Å². The van der Waals surface area contributed by atoms with Crippen molar-refractivity contribution in [3.63, 3.8) is 0 Å². The number of allylic oxidation sites excluding steroid dienone is 4. The van der Waals surface area contributed by atoms with Crippen LogP contribution >= 0.6 is 0 Å². The third-order valence-electron chi connectivity index (χ3n) is 4.75. The van der Waals surface area contributed by atoms with E-state index in [1.54, 1.807) is 0 Å². The second-order valence-corrected chi connectivity index (χ2v) is 6.67. The normalized spacial score (nSPS) is 19.0. The fraction of sp³-hybridized carbons (Fsp3) is 0.200. The summed E-state index contributed by atoms with van der Waals surface area (Å²) in [6, 6.07) is 8.57. The van der Waals surface area contributed by atoms with Crippen LogP contribution < -0.4 is 10.6 Å². The highest BCUT2D eigenvalue weighted by Gasteiger charge is 2.14. The van der Waals surface area contributed by atoms with E-state index in [0.29, 0.717) is 0 Å². The Morgan fingerprint density at radius 3 is 1.04 bits per heavy atom. The predicted molar refractivity (Wildman–Crippen MR) is 98.2 cm³/mol. The van der Waals surface area contributed by atoms with Gasteiger partial charge in [-0.25, -0.2) is 0 Å². The molecule has 4 N–H and O–H groups in total. The number of hydrogen-bond donors (Lipinski definition) is 4. The van der Waals surface area contributed by atoms with E-state index in [9.17, 15) is 0 Å².